The first-order valence-corrected chi connectivity index (χ1v) is 3.36. The zero-order chi connectivity index (χ0) is 7.98. The molecule has 0 rings (SSSR count). The lowest BCUT2D eigenvalue weighted by Crippen LogP contribution is -2.40. The lowest BCUT2D eigenvalue weighted by atomic mass is 10.4. The first-order chi connectivity index (χ1) is 4.66. The molecule has 0 radical (unpaired) electrons. The Morgan fingerprint density at radius 3 is 2.60 bits per heavy atom. The number of nitrogens with two attached hydrogens (primary N) is 1. The molecule has 0 atom stereocenters. The second-order valence-corrected chi connectivity index (χ2v) is 2.32. The van der Waals surface area contributed by atoms with Crippen LogP contribution in [0.25, 0.3) is 0 Å². The standard InChI is InChI=1S/C6H16N4/c1-5(2)9-4-10-6(7)8-3/h5,9H,4H2,1-3H3,(H3,7,8,10). The zero-order valence-electron chi connectivity index (χ0n) is 6.81. The monoisotopic (exact) mass is 144 g/mol. The van der Waals surface area contributed by atoms with Crippen molar-refractivity contribution in [3.8, 4) is 0 Å². The molecule has 60 valence electrons. The highest BCUT2D eigenvalue weighted by molar-refractivity contribution is 5.77. The highest BCUT2D eigenvalue weighted by Gasteiger charge is 1.90. The number of nitrogens with zero attached hydrogens (tertiary/aromatic N) is 1. The van der Waals surface area contributed by atoms with Crippen molar-refractivity contribution >= 4 is 5.96 Å². The topological polar surface area (TPSA) is 62.4 Å². The van der Waals surface area contributed by atoms with Crippen LogP contribution in [0.4, 0.5) is 0 Å². The summed E-state index contributed by atoms with van der Waals surface area (Å²) in [7, 11) is 1.65. The van der Waals surface area contributed by atoms with Crippen LogP contribution in [0, 0.1) is 0 Å². The van der Waals surface area contributed by atoms with Crippen LogP contribution in [0.15, 0.2) is 4.99 Å². The fraction of sp³-hybridized carbons (Fsp3) is 0.833. The van der Waals surface area contributed by atoms with Gasteiger partial charge < -0.3 is 11.1 Å². The molecule has 0 aliphatic carbocycles. The average Bonchev–Trinajstić information content (AvgIpc) is 1.87. The van der Waals surface area contributed by atoms with Gasteiger partial charge in [-0.2, -0.15) is 0 Å². The summed E-state index contributed by atoms with van der Waals surface area (Å²) in [5.74, 6) is 0.466. The molecule has 0 aliphatic rings. The third-order valence-electron chi connectivity index (χ3n) is 1.02. The van der Waals surface area contributed by atoms with E-state index in [0.717, 1.165) is 0 Å². The second-order valence-electron chi connectivity index (χ2n) is 2.32. The van der Waals surface area contributed by atoms with Crippen molar-refractivity contribution < 1.29 is 0 Å². The van der Waals surface area contributed by atoms with Gasteiger partial charge in [-0.3, -0.25) is 10.3 Å². The molecule has 0 aromatic heterocycles. The Morgan fingerprint density at radius 2 is 2.20 bits per heavy atom. The summed E-state index contributed by atoms with van der Waals surface area (Å²) in [5.41, 5.74) is 5.36. The normalized spacial score (nSPS) is 12.2. The van der Waals surface area contributed by atoms with E-state index < -0.39 is 0 Å². The molecule has 0 fully saturated rings. The van der Waals surface area contributed by atoms with Crippen molar-refractivity contribution in [1.29, 1.82) is 0 Å². The maximum absolute atomic E-state index is 5.36. The van der Waals surface area contributed by atoms with Crippen molar-refractivity contribution in [3.63, 3.8) is 0 Å². The molecule has 0 aromatic rings. The molecule has 0 saturated carbocycles. The minimum Gasteiger partial charge on any atom is -0.370 e. The van der Waals surface area contributed by atoms with Gasteiger partial charge in [-0.15, -0.1) is 0 Å². The van der Waals surface area contributed by atoms with Crippen molar-refractivity contribution in [1.82, 2.24) is 10.6 Å². The minimum atomic E-state index is 0.466. The van der Waals surface area contributed by atoms with Crippen molar-refractivity contribution in [2.75, 3.05) is 13.7 Å². The van der Waals surface area contributed by atoms with Crippen molar-refractivity contribution in [3.05, 3.63) is 0 Å². The average molecular weight is 144 g/mol. The van der Waals surface area contributed by atoms with Gasteiger partial charge in [0.25, 0.3) is 0 Å². The molecule has 0 saturated heterocycles. The van der Waals surface area contributed by atoms with Gasteiger partial charge in [0.2, 0.25) is 0 Å². The summed E-state index contributed by atoms with van der Waals surface area (Å²) >= 11 is 0. The SMILES string of the molecule is CN=C(N)NCNC(C)C. The van der Waals surface area contributed by atoms with Gasteiger partial charge in [-0.25, -0.2) is 0 Å². The van der Waals surface area contributed by atoms with Gasteiger partial charge in [0.1, 0.15) is 0 Å². The summed E-state index contributed by atoms with van der Waals surface area (Å²) in [5, 5.41) is 6.02. The van der Waals surface area contributed by atoms with Gasteiger partial charge in [0.05, 0.1) is 6.67 Å². The molecule has 0 aliphatic heterocycles. The first kappa shape index (κ1) is 9.23. The number of hydrogen-bond donors (Lipinski definition) is 3. The Balaban J connectivity index is 3.20. The predicted molar refractivity (Wildman–Crippen MR) is 43.8 cm³/mol. The number of rotatable bonds is 3. The first-order valence-electron chi connectivity index (χ1n) is 3.36. The fourth-order valence-electron chi connectivity index (χ4n) is 0.425. The van der Waals surface area contributed by atoms with Crippen LogP contribution in [0.2, 0.25) is 0 Å². The summed E-state index contributed by atoms with van der Waals surface area (Å²) in [4.78, 5) is 3.73. The van der Waals surface area contributed by atoms with Gasteiger partial charge in [-0.1, -0.05) is 0 Å². The smallest absolute Gasteiger partial charge is 0.189 e. The van der Waals surface area contributed by atoms with Gasteiger partial charge in [0, 0.05) is 13.1 Å². The fourth-order valence-corrected chi connectivity index (χ4v) is 0.425. The third kappa shape index (κ3) is 5.37. The van der Waals surface area contributed by atoms with Gasteiger partial charge in [-0.05, 0) is 13.8 Å². The van der Waals surface area contributed by atoms with E-state index in [0.29, 0.717) is 18.7 Å². The molecule has 0 amide bonds. The van der Waals surface area contributed by atoms with Crippen LogP contribution in [-0.4, -0.2) is 25.7 Å². The summed E-state index contributed by atoms with van der Waals surface area (Å²) in [6.45, 7) is 4.81. The molecule has 0 unspecified atom stereocenters. The lowest BCUT2D eigenvalue weighted by molar-refractivity contribution is 0.575. The van der Waals surface area contributed by atoms with E-state index in [1.807, 2.05) is 0 Å². The number of nitrogens with one attached hydrogen (secondary N) is 2. The number of hydrogen-bond acceptors (Lipinski definition) is 2. The van der Waals surface area contributed by atoms with E-state index >= 15 is 0 Å². The molecular formula is C6H16N4. The minimum absolute atomic E-state index is 0.466. The third-order valence-corrected chi connectivity index (χ3v) is 1.02. The molecule has 0 aromatic carbocycles. The highest BCUT2D eigenvalue weighted by Crippen LogP contribution is 1.71. The maximum atomic E-state index is 5.36. The van der Waals surface area contributed by atoms with E-state index in [4.69, 9.17) is 5.73 Å². The Kier molecular flexibility index (Phi) is 4.66. The zero-order valence-corrected chi connectivity index (χ0v) is 6.81. The molecule has 4 heteroatoms. The lowest BCUT2D eigenvalue weighted by Gasteiger charge is -2.08. The predicted octanol–water partition coefficient (Wildman–Crippen LogP) is -0.524. The van der Waals surface area contributed by atoms with E-state index in [2.05, 4.69) is 29.5 Å². The van der Waals surface area contributed by atoms with E-state index in [1.165, 1.54) is 0 Å². The van der Waals surface area contributed by atoms with Gasteiger partial charge >= 0.3 is 0 Å². The van der Waals surface area contributed by atoms with Crippen molar-refractivity contribution in [2.45, 2.75) is 19.9 Å². The maximum Gasteiger partial charge on any atom is 0.189 e. The van der Waals surface area contributed by atoms with E-state index in [1.54, 1.807) is 7.05 Å². The van der Waals surface area contributed by atoms with Crippen LogP contribution < -0.4 is 16.4 Å². The van der Waals surface area contributed by atoms with Crippen LogP contribution in [0.1, 0.15) is 13.8 Å². The summed E-state index contributed by atoms with van der Waals surface area (Å²) < 4.78 is 0. The largest absolute Gasteiger partial charge is 0.370 e. The molecule has 4 nitrogen and oxygen atoms in total. The molecule has 0 spiro atoms. The molecule has 4 N–H and O–H groups in total. The molecular weight excluding hydrogens is 128 g/mol. The summed E-state index contributed by atoms with van der Waals surface area (Å²) in [6, 6.07) is 0.470. The van der Waals surface area contributed by atoms with Crippen LogP contribution in [-0.2, 0) is 0 Å². The molecule has 0 bridgehead atoms. The van der Waals surface area contributed by atoms with Gasteiger partial charge in [0.15, 0.2) is 5.96 Å². The van der Waals surface area contributed by atoms with E-state index in [-0.39, 0.29) is 0 Å². The molecule has 0 heterocycles. The molecule has 10 heavy (non-hydrogen) atoms. The number of aliphatic imine (C=N–C) groups is 1. The van der Waals surface area contributed by atoms with E-state index in [9.17, 15) is 0 Å². The Morgan fingerprint density at radius 1 is 1.60 bits per heavy atom. The Bertz CT molecular complexity index is 108. The van der Waals surface area contributed by atoms with Crippen molar-refractivity contribution in [2.24, 2.45) is 10.7 Å². The van der Waals surface area contributed by atoms with Crippen LogP contribution in [0.5, 0.6) is 0 Å². The Labute approximate surface area is 61.9 Å². The quantitative estimate of drug-likeness (QED) is 0.283. The number of guanidine groups is 1. The van der Waals surface area contributed by atoms with Crippen LogP contribution in [0.3, 0.4) is 0 Å². The van der Waals surface area contributed by atoms with Crippen LogP contribution >= 0.6 is 0 Å². The summed E-state index contributed by atoms with van der Waals surface area (Å²) in [6.07, 6.45) is 0. The highest BCUT2D eigenvalue weighted by atomic mass is 15.2. The Hall–Kier alpha value is -0.770. The second kappa shape index (κ2) is 5.05.